The molecule has 0 unspecified atom stereocenters. The molecule has 0 aromatic rings. The Labute approximate surface area is 117 Å². The van der Waals surface area contributed by atoms with E-state index in [1.54, 1.807) is 14.2 Å². The Morgan fingerprint density at radius 1 is 0.789 bits per heavy atom. The summed E-state index contributed by atoms with van der Waals surface area (Å²) >= 11 is 0. The van der Waals surface area contributed by atoms with Crippen LogP contribution in [0.25, 0.3) is 0 Å². The molecule has 0 bridgehead atoms. The molecular formula is C16H24O2Si. The van der Waals surface area contributed by atoms with Gasteiger partial charge in [-0.2, -0.15) is 0 Å². The van der Waals surface area contributed by atoms with Gasteiger partial charge < -0.3 is 8.85 Å². The Morgan fingerprint density at radius 3 is 1.37 bits per heavy atom. The Morgan fingerprint density at radius 2 is 1.16 bits per heavy atom. The molecule has 0 aromatic carbocycles. The van der Waals surface area contributed by atoms with Crippen LogP contribution in [0, 0.1) is 0 Å². The van der Waals surface area contributed by atoms with E-state index in [4.69, 9.17) is 8.85 Å². The minimum absolute atomic E-state index is 0.974. The Bertz CT molecular complexity index is 473. The fourth-order valence-corrected chi connectivity index (χ4v) is 6.76. The van der Waals surface area contributed by atoms with Gasteiger partial charge in [0.2, 0.25) is 0 Å². The summed E-state index contributed by atoms with van der Waals surface area (Å²) in [4.78, 5) is 0. The van der Waals surface area contributed by atoms with Gasteiger partial charge in [-0.25, -0.2) is 0 Å². The van der Waals surface area contributed by atoms with Crippen LogP contribution in [0.4, 0.5) is 0 Å². The fraction of sp³-hybridized carbons (Fsp3) is 0.500. The lowest BCUT2D eigenvalue weighted by Crippen LogP contribution is -2.45. The zero-order valence-electron chi connectivity index (χ0n) is 12.9. The third kappa shape index (κ3) is 2.10. The summed E-state index contributed by atoms with van der Waals surface area (Å²) in [6.07, 6.45) is 6.52. The lowest BCUT2D eigenvalue weighted by molar-refractivity contribution is 0.260. The van der Waals surface area contributed by atoms with Gasteiger partial charge in [0.05, 0.1) is 0 Å². The molecule has 2 aliphatic rings. The van der Waals surface area contributed by atoms with Crippen LogP contribution >= 0.6 is 0 Å². The molecule has 0 heterocycles. The van der Waals surface area contributed by atoms with Crippen LogP contribution in [0.3, 0.4) is 0 Å². The van der Waals surface area contributed by atoms with Crippen molar-refractivity contribution in [1.29, 1.82) is 0 Å². The maximum atomic E-state index is 6.03. The van der Waals surface area contributed by atoms with Gasteiger partial charge in [-0.1, -0.05) is 23.3 Å². The molecule has 0 atom stereocenters. The number of hydrogen-bond donors (Lipinski definition) is 0. The molecule has 0 saturated carbocycles. The predicted octanol–water partition coefficient (Wildman–Crippen LogP) is 4.13. The summed E-state index contributed by atoms with van der Waals surface area (Å²) in [5.74, 6) is 0. The first kappa shape index (κ1) is 14.5. The smallest absolute Gasteiger partial charge is 0.391 e. The number of allylic oxidation sites excluding steroid dienone is 8. The molecule has 0 N–H and O–H groups in total. The molecule has 3 heteroatoms. The molecule has 0 radical (unpaired) electrons. The molecule has 19 heavy (non-hydrogen) atoms. The van der Waals surface area contributed by atoms with Gasteiger partial charge in [0.15, 0.2) is 0 Å². The lowest BCUT2D eigenvalue weighted by Gasteiger charge is -2.32. The van der Waals surface area contributed by atoms with Crippen molar-refractivity contribution in [2.75, 3.05) is 14.2 Å². The van der Waals surface area contributed by atoms with E-state index in [1.807, 2.05) is 0 Å². The van der Waals surface area contributed by atoms with Crippen molar-refractivity contribution in [2.45, 2.75) is 40.5 Å². The molecule has 104 valence electrons. The minimum atomic E-state index is -2.43. The second-order valence-electron chi connectivity index (χ2n) is 5.41. The molecule has 0 spiro atoms. The summed E-state index contributed by atoms with van der Waals surface area (Å²) in [6.45, 7) is 8.73. The third-order valence-corrected chi connectivity index (χ3v) is 8.58. The second-order valence-corrected chi connectivity index (χ2v) is 8.67. The van der Waals surface area contributed by atoms with Crippen molar-refractivity contribution in [3.05, 3.63) is 44.8 Å². The number of hydrogen-bond acceptors (Lipinski definition) is 2. The van der Waals surface area contributed by atoms with Crippen molar-refractivity contribution in [1.82, 2.24) is 0 Å². The highest BCUT2D eigenvalue weighted by molar-refractivity contribution is 6.82. The fourth-order valence-electron chi connectivity index (χ4n) is 3.12. The monoisotopic (exact) mass is 276 g/mol. The maximum Gasteiger partial charge on any atom is 0.399 e. The molecular weight excluding hydrogens is 252 g/mol. The van der Waals surface area contributed by atoms with Crippen LogP contribution < -0.4 is 0 Å². The van der Waals surface area contributed by atoms with E-state index in [0.29, 0.717) is 0 Å². The quantitative estimate of drug-likeness (QED) is 0.719. The average molecular weight is 276 g/mol. The molecule has 0 aliphatic heterocycles. The summed E-state index contributed by atoms with van der Waals surface area (Å²) in [5.41, 5.74) is 5.45. The van der Waals surface area contributed by atoms with Crippen molar-refractivity contribution in [3.63, 3.8) is 0 Å². The van der Waals surface area contributed by atoms with Crippen molar-refractivity contribution in [3.8, 4) is 0 Å². The Balaban J connectivity index is 2.53. The third-order valence-electron chi connectivity index (χ3n) is 4.68. The SMILES string of the molecule is CO[Si](OC)(C1=C(C)C(C)=CC1)C1=C(C)C(C)=CC1. The minimum Gasteiger partial charge on any atom is -0.391 e. The summed E-state index contributed by atoms with van der Waals surface area (Å²) in [7, 11) is 1.17. The zero-order valence-corrected chi connectivity index (χ0v) is 13.9. The van der Waals surface area contributed by atoms with E-state index in [-0.39, 0.29) is 0 Å². The molecule has 0 amide bonds. The molecule has 2 aliphatic carbocycles. The summed E-state index contributed by atoms with van der Waals surface area (Å²) in [5, 5.41) is 2.76. The topological polar surface area (TPSA) is 18.5 Å². The van der Waals surface area contributed by atoms with E-state index in [2.05, 4.69) is 39.8 Å². The molecule has 0 saturated heterocycles. The first-order chi connectivity index (χ1) is 8.97. The Kier molecular flexibility index (Phi) is 3.99. The molecule has 0 fully saturated rings. The van der Waals surface area contributed by atoms with Crippen LogP contribution in [0.1, 0.15) is 40.5 Å². The lowest BCUT2D eigenvalue weighted by atomic mass is 10.2. The molecule has 2 nitrogen and oxygen atoms in total. The van der Waals surface area contributed by atoms with Crippen LogP contribution in [-0.4, -0.2) is 22.8 Å². The van der Waals surface area contributed by atoms with Crippen molar-refractivity contribution < 1.29 is 8.85 Å². The molecule has 2 rings (SSSR count). The zero-order chi connectivity index (χ0) is 14.2. The van der Waals surface area contributed by atoms with Crippen LogP contribution in [0.2, 0.25) is 0 Å². The Hall–Kier alpha value is -0.903. The number of rotatable bonds is 4. The van der Waals surface area contributed by atoms with Crippen molar-refractivity contribution >= 4 is 8.56 Å². The standard InChI is InChI=1S/C16H24O2Si/c1-11-7-9-15(13(11)3)19(17-5,18-6)16-10-8-12(2)14(16)4/h7-8H,9-10H2,1-6H3. The van der Waals surface area contributed by atoms with E-state index in [1.165, 1.54) is 32.7 Å². The largest absolute Gasteiger partial charge is 0.399 e. The average Bonchev–Trinajstić information content (AvgIpc) is 2.91. The highest BCUT2D eigenvalue weighted by Crippen LogP contribution is 2.42. The van der Waals surface area contributed by atoms with Gasteiger partial charge in [-0.05, 0) is 62.1 Å². The van der Waals surface area contributed by atoms with Gasteiger partial charge in [-0.3, -0.25) is 0 Å². The van der Waals surface area contributed by atoms with Gasteiger partial charge >= 0.3 is 8.56 Å². The molecule has 0 aromatic heterocycles. The van der Waals surface area contributed by atoms with Gasteiger partial charge in [-0.15, -0.1) is 0 Å². The van der Waals surface area contributed by atoms with Crippen LogP contribution in [-0.2, 0) is 8.85 Å². The van der Waals surface area contributed by atoms with E-state index in [9.17, 15) is 0 Å². The van der Waals surface area contributed by atoms with Gasteiger partial charge in [0.1, 0.15) is 0 Å². The van der Waals surface area contributed by atoms with Crippen LogP contribution in [0.15, 0.2) is 44.8 Å². The predicted molar refractivity (Wildman–Crippen MR) is 81.9 cm³/mol. The normalized spacial score (nSPS) is 20.3. The van der Waals surface area contributed by atoms with E-state index >= 15 is 0 Å². The van der Waals surface area contributed by atoms with E-state index in [0.717, 1.165) is 12.8 Å². The maximum absolute atomic E-state index is 6.03. The highest BCUT2D eigenvalue weighted by Gasteiger charge is 2.47. The highest BCUT2D eigenvalue weighted by atomic mass is 28.4. The van der Waals surface area contributed by atoms with Gasteiger partial charge in [0.25, 0.3) is 0 Å². The van der Waals surface area contributed by atoms with Gasteiger partial charge in [0, 0.05) is 14.2 Å². The first-order valence-electron chi connectivity index (χ1n) is 6.83. The summed E-state index contributed by atoms with van der Waals surface area (Å²) < 4.78 is 12.1. The van der Waals surface area contributed by atoms with E-state index < -0.39 is 8.56 Å². The summed E-state index contributed by atoms with van der Waals surface area (Å²) in [6, 6.07) is 0. The first-order valence-corrected chi connectivity index (χ1v) is 8.64. The van der Waals surface area contributed by atoms with Crippen molar-refractivity contribution in [2.24, 2.45) is 0 Å². The second kappa shape index (κ2) is 5.23. The van der Waals surface area contributed by atoms with Crippen LogP contribution in [0.5, 0.6) is 0 Å².